The van der Waals surface area contributed by atoms with Gasteiger partial charge in [-0.1, -0.05) is 6.92 Å². The molecule has 1 aliphatic heterocycles. The first-order chi connectivity index (χ1) is 9.74. The van der Waals surface area contributed by atoms with Gasteiger partial charge in [0.2, 0.25) is 0 Å². The van der Waals surface area contributed by atoms with E-state index in [2.05, 4.69) is 25.6 Å². The van der Waals surface area contributed by atoms with E-state index in [0.29, 0.717) is 5.82 Å². The molecule has 20 heavy (non-hydrogen) atoms. The number of nitrogens with one attached hydrogen (secondary N) is 2. The highest BCUT2D eigenvalue weighted by molar-refractivity contribution is 5.56. The van der Waals surface area contributed by atoms with Crippen molar-refractivity contribution in [1.29, 1.82) is 0 Å². The van der Waals surface area contributed by atoms with Crippen LogP contribution in [0, 0.1) is 6.92 Å². The molecule has 1 aliphatic rings. The molecule has 6 nitrogen and oxygen atoms in total. The van der Waals surface area contributed by atoms with E-state index >= 15 is 0 Å². The van der Waals surface area contributed by atoms with Gasteiger partial charge in [-0.2, -0.15) is 0 Å². The van der Waals surface area contributed by atoms with Crippen molar-refractivity contribution in [3.8, 4) is 0 Å². The van der Waals surface area contributed by atoms with Crippen molar-refractivity contribution in [2.45, 2.75) is 39.5 Å². The summed E-state index contributed by atoms with van der Waals surface area (Å²) in [5, 5.41) is 3.41. The third-order valence-electron chi connectivity index (χ3n) is 3.79. The highest BCUT2D eigenvalue weighted by Gasteiger charge is 2.11. The summed E-state index contributed by atoms with van der Waals surface area (Å²) in [5.74, 6) is 7.92. The van der Waals surface area contributed by atoms with Crippen molar-refractivity contribution in [3.05, 3.63) is 11.4 Å². The Balaban J connectivity index is 1.87. The Kier molecular flexibility index (Phi) is 5.55. The van der Waals surface area contributed by atoms with Gasteiger partial charge in [-0.15, -0.1) is 0 Å². The van der Waals surface area contributed by atoms with Crippen LogP contribution in [0.2, 0.25) is 0 Å². The maximum absolute atomic E-state index is 5.51. The lowest BCUT2D eigenvalue weighted by Crippen LogP contribution is -2.22. The normalized spacial score (nSPS) is 15.6. The molecule has 112 valence electrons. The summed E-state index contributed by atoms with van der Waals surface area (Å²) < 4.78 is 0. The van der Waals surface area contributed by atoms with Crippen LogP contribution in [0.5, 0.6) is 0 Å². The average Bonchev–Trinajstić information content (AvgIpc) is 2.98. The molecule has 1 aromatic heterocycles. The summed E-state index contributed by atoms with van der Waals surface area (Å²) in [5.41, 5.74) is 3.62. The van der Waals surface area contributed by atoms with Crippen LogP contribution in [0.1, 0.15) is 37.6 Å². The number of hydrazine groups is 1. The zero-order valence-corrected chi connectivity index (χ0v) is 12.6. The number of rotatable bonds is 7. The lowest BCUT2D eigenvalue weighted by atomic mass is 10.3. The molecular formula is C14H26N6. The molecule has 2 heterocycles. The van der Waals surface area contributed by atoms with Crippen molar-refractivity contribution >= 4 is 11.6 Å². The summed E-state index contributed by atoms with van der Waals surface area (Å²) >= 11 is 0. The lowest BCUT2D eigenvalue weighted by molar-refractivity contribution is 0.337. The third-order valence-corrected chi connectivity index (χ3v) is 3.79. The molecule has 0 atom stereocenters. The molecule has 6 heteroatoms. The van der Waals surface area contributed by atoms with E-state index in [1.54, 1.807) is 0 Å². The van der Waals surface area contributed by atoms with Crippen LogP contribution in [0.25, 0.3) is 0 Å². The van der Waals surface area contributed by atoms with Crippen LogP contribution in [-0.4, -0.2) is 41.0 Å². The molecule has 1 fully saturated rings. The minimum Gasteiger partial charge on any atom is -0.370 e. The molecule has 0 amide bonds. The second-order valence-electron chi connectivity index (χ2n) is 5.29. The number of hydrogen-bond donors (Lipinski definition) is 3. The van der Waals surface area contributed by atoms with Crippen LogP contribution in [0.3, 0.4) is 0 Å². The Morgan fingerprint density at radius 3 is 2.55 bits per heavy atom. The van der Waals surface area contributed by atoms with Gasteiger partial charge in [0.05, 0.1) is 0 Å². The number of nitrogens with zero attached hydrogens (tertiary/aromatic N) is 3. The molecule has 0 saturated carbocycles. The summed E-state index contributed by atoms with van der Waals surface area (Å²) in [6, 6.07) is 0. The molecule has 0 unspecified atom stereocenters. The maximum atomic E-state index is 5.51. The van der Waals surface area contributed by atoms with Gasteiger partial charge in [-0.3, -0.25) is 0 Å². The van der Waals surface area contributed by atoms with Crippen molar-refractivity contribution in [1.82, 2.24) is 14.9 Å². The second-order valence-corrected chi connectivity index (χ2v) is 5.29. The van der Waals surface area contributed by atoms with Crippen LogP contribution < -0.4 is 16.6 Å². The van der Waals surface area contributed by atoms with Gasteiger partial charge in [-0.05, 0) is 45.8 Å². The topological polar surface area (TPSA) is 79.1 Å². The molecule has 0 spiro atoms. The van der Waals surface area contributed by atoms with E-state index in [-0.39, 0.29) is 0 Å². The first-order valence-electron chi connectivity index (χ1n) is 7.55. The first kappa shape index (κ1) is 15.0. The van der Waals surface area contributed by atoms with E-state index in [1.807, 2.05) is 13.8 Å². The summed E-state index contributed by atoms with van der Waals surface area (Å²) in [4.78, 5) is 11.4. The molecule has 4 N–H and O–H groups in total. The highest BCUT2D eigenvalue weighted by atomic mass is 15.3. The number of aryl methyl sites for hydroxylation is 1. The molecule has 0 bridgehead atoms. The van der Waals surface area contributed by atoms with Gasteiger partial charge in [0.1, 0.15) is 17.5 Å². The van der Waals surface area contributed by atoms with E-state index in [9.17, 15) is 0 Å². The Labute approximate surface area is 121 Å². The Morgan fingerprint density at radius 2 is 1.90 bits per heavy atom. The standard InChI is InChI=1S/C14H26N6/c1-3-12-17-13(11(2)14(18-12)19-15)16-7-6-10-20-8-4-5-9-20/h3-10,15H2,1-2H3,(H2,16,17,18,19). The number of nitrogens with two attached hydrogens (primary N) is 1. The second kappa shape index (κ2) is 7.40. The summed E-state index contributed by atoms with van der Waals surface area (Å²) in [6.45, 7) is 8.64. The predicted molar refractivity (Wildman–Crippen MR) is 82.7 cm³/mol. The molecule has 0 aliphatic carbocycles. The highest BCUT2D eigenvalue weighted by Crippen LogP contribution is 2.19. The smallest absolute Gasteiger partial charge is 0.148 e. The van der Waals surface area contributed by atoms with E-state index in [4.69, 9.17) is 5.84 Å². The summed E-state index contributed by atoms with van der Waals surface area (Å²) in [6.07, 6.45) is 4.64. The van der Waals surface area contributed by atoms with Gasteiger partial charge in [0.25, 0.3) is 0 Å². The third kappa shape index (κ3) is 3.80. The van der Waals surface area contributed by atoms with Crippen molar-refractivity contribution in [3.63, 3.8) is 0 Å². The fourth-order valence-corrected chi connectivity index (χ4v) is 2.55. The van der Waals surface area contributed by atoms with Gasteiger partial charge < -0.3 is 15.6 Å². The van der Waals surface area contributed by atoms with Crippen LogP contribution in [0.15, 0.2) is 0 Å². The zero-order chi connectivity index (χ0) is 14.4. The average molecular weight is 278 g/mol. The van der Waals surface area contributed by atoms with Crippen LogP contribution in [-0.2, 0) is 6.42 Å². The number of hydrogen-bond acceptors (Lipinski definition) is 6. The quantitative estimate of drug-likeness (QED) is 0.399. The Bertz CT molecular complexity index is 428. The number of nitrogen functional groups attached to an aromatic ring is 1. The summed E-state index contributed by atoms with van der Waals surface area (Å²) in [7, 11) is 0. The van der Waals surface area contributed by atoms with Gasteiger partial charge >= 0.3 is 0 Å². The Hall–Kier alpha value is -1.40. The molecule has 1 aromatic rings. The van der Waals surface area contributed by atoms with Crippen molar-refractivity contribution in [2.75, 3.05) is 36.9 Å². The minimum atomic E-state index is 0.707. The van der Waals surface area contributed by atoms with Crippen LogP contribution in [0.4, 0.5) is 11.6 Å². The van der Waals surface area contributed by atoms with Crippen LogP contribution >= 0.6 is 0 Å². The van der Waals surface area contributed by atoms with E-state index in [1.165, 1.54) is 32.5 Å². The number of anilines is 2. The van der Waals surface area contributed by atoms with E-state index < -0.39 is 0 Å². The predicted octanol–water partition coefficient (Wildman–Crippen LogP) is 1.53. The van der Waals surface area contributed by atoms with Gasteiger partial charge in [0, 0.05) is 18.5 Å². The number of likely N-dealkylation sites (tertiary alicyclic amines) is 1. The molecular weight excluding hydrogens is 252 g/mol. The minimum absolute atomic E-state index is 0.707. The van der Waals surface area contributed by atoms with Gasteiger partial charge in [-0.25, -0.2) is 15.8 Å². The number of aromatic nitrogens is 2. The molecule has 1 saturated heterocycles. The molecule has 2 rings (SSSR count). The lowest BCUT2D eigenvalue weighted by Gasteiger charge is -2.16. The first-order valence-corrected chi connectivity index (χ1v) is 7.55. The van der Waals surface area contributed by atoms with E-state index in [0.717, 1.165) is 36.6 Å². The Morgan fingerprint density at radius 1 is 1.20 bits per heavy atom. The SMILES string of the molecule is CCc1nc(NN)c(C)c(NCCCN2CCCC2)n1. The largest absolute Gasteiger partial charge is 0.370 e. The zero-order valence-electron chi connectivity index (χ0n) is 12.6. The van der Waals surface area contributed by atoms with Crippen molar-refractivity contribution in [2.24, 2.45) is 5.84 Å². The molecule has 0 aromatic carbocycles. The monoisotopic (exact) mass is 278 g/mol. The maximum Gasteiger partial charge on any atom is 0.148 e. The van der Waals surface area contributed by atoms with Crippen molar-refractivity contribution < 1.29 is 0 Å². The van der Waals surface area contributed by atoms with Gasteiger partial charge in [0.15, 0.2) is 0 Å². The fraction of sp³-hybridized carbons (Fsp3) is 0.714. The fourth-order valence-electron chi connectivity index (χ4n) is 2.55. The molecule has 0 radical (unpaired) electrons.